The number of aryl methyl sites for hydroxylation is 1. The van der Waals surface area contributed by atoms with Crippen molar-refractivity contribution in [3.05, 3.63) is 185 Å². The van der Waals surface area contributed by atoms with E-state index in [1.54, 1.807) is 43.4 Å². The van der Waals surface area contributed by atoms with Crippen LogP contribution in [0.4, 0.5) is 26.3 Å². The Morgan fingerprint density at radius 3 is 1.43 bits per heavy atom. The predicted molar refractivity (Wildman–Crippen MR) is 246 cm³/mol. The molecule has 0 fully saturated rings. The standard InChI is InChI=1S/C26H23F3N4O3.C26H24F3NO4/c1-33-25(30-31-32-33)23(15-24(34)35-2)19-8-12-22(13-9-19)36-16-17-4-3-5-20(14-17)18-6-10-21(11-7-18)26(27,28)29;1-30-25(32)23(15-24(31)33-2)19-8-12-22(13-9-19)34-16-17-4-3-5-20(14-17)18-6-10-21(11-7-18)26(27,28)29/h3-14,23H,15-16H2,1-2H3;3-14,23H,15-16H2,1-2H3,(H,30,32)/t2*23-/m00/s1. The zero-order valence-electron chi connectivity index (χ0n) is 38.3. The smallest absolute Gasteiger partial charge is 0.416 e. The highest BCUT2D eigenvalue weighted by atomic mass is 19.4. The Kier molecular flexibility index (Phi) is 17.1. The second kappa shape index (κ2) is 23.3. The summed E-state index contributed by atoms with van der Waals surface area (Å²) in [7, 11) is 5.81. The van der Waals surface area contributed by atoms with E-state index in [-0.39, 0.29) is 43.8 Å². The van der Waals surface area contributed by atoms with Crippen molar-refractivity contribution in [2.24, 2.45) is 7.05 Å². The van der Waals surface area contributed by atoms with E-state index < -0.39 is 35.4 Å². The fraction of sp³-hybridized carbons (Fsp3) is 0.231. The minimum atomic E-state index is -4.37. The lowest BCUT2D eigenvalue weighted by Crippen LogP contribution is -2.27. The number of alkyl halides is 6. The van der Waals surface area contributed by atoms with Gasteiger partial charge in [-0.1, -0.05) is 84.9 Å². The Morgan fingerprint density at radius 1 is 0.586 bits per heavy atom. The van der Waals surface area contributed by atoms with E-state index in [1.807, 2.05) is 60.7 Å². The number of tetrazole rings is 1. The lowest BCUT2D eigenvalue weighted by atomic mass is 9.95. The molecular formula is C52H47F6N5O7. The number of ether oxygens (including phenoxy) is 4. The van der Waals surface area contributed by atoms with E-state index in [9.17, 15) is 40.7 Å². The van der Waals surface area contributed by atoms with Crippen LogP contribution in [0.1, 0.15) is 63.9 Å². The molecule has 0 aliphatic rings. The molecule has 0 radical (unpaired) electrons. The van der Waals surface area contributed by atoms with Crippen LogP contribution in [0.2, 0.25) is 0 Å². The first-order valence-corrected chi connectivity index (χ1v) is 21.5. The minimum absolute atomic E-state index is 0.0763. The summed E-state index contributed by atoms with van der Waals surface area (Å²) in [5.74, 6) is -0.491. The van der Waals surface area contributed by atoms with E-state index in [0.717, 1.165) is 52.1 Å². The lowest BCUT2D eigenvalue weighted by Gasteiger charge is -2.15. The van der Waals surface area contributed by atoms with Crippen LogP contribution in [0.3, 0.4) is 0 Å². The predicted octanol–water partition coefficient (Wildman–Crippen LogP) is 10.5. The van der Waals surface area contributed by atoms with Crippen molar-refractivity contribution in [2.75, 3.05) is 21.3 Å². The maximum atomic E-state index is 12.8. The fourth-order valence-corrected chi connectivity index (χ4v) is 7.24. The number of amides is 1. The van der Waals surface area contributed by atoms with Crippen molar-refractivity contribution in [3.63, 3.8) is 0 Å². The summed E-state index contributed by atoms with van der Waals surface area (Å²) in [4.78, 5) is 35.8. The van der Waals surface area contributed by atoms with Crippen LogP contribution in [-0.2, 0) is 56.5 Å². The number of carbonyl (C=O) groups excluding carboxylic acids is 3. The average Bonchev–Trinajstić information content (AvgIpc) is 3.80. The van der Waals surface area contributed by atoms with Gasteiger partial charge in [-0.05, 0) is 116 Å². The summed E-state index contributed by atoms with van der Waals surface area (Å²) >= 11 is 0. The number of aromatic nitrogens is 4. The third-order valence-corrected chi connectivity index (χ3v) is 11.0. The number of rotatable bonds is 16. The quantitative estimate of drug-likeness (QED) is 0.0734. The number of hydrogen-bond donors (Lipinski definition) is 1. The Bertz CT molecular complexity index is 2840. The SMILES string of the molecule is CNC(=O)[C@@H](CC(=O)OC)c1ccc(OCc2cccc(-c3ccc(C(F)(F)F)cc3)c2)cc1.COC(=O)C[C@@H](c1ccc(OCc2cccc(-c3ccc(C(F)(F)F)cc3)c2)cc1)c1nnnn1C. The van der Waals surface area contributed by atoms with Gasteiger partial charge >= 0.3 is 24.3 Å². The van der Waals surface area contributed by atoms with Gasteiger partial charge in [0.05, 0.1) is 50.0 Å². The number of halogens is 6. The number of carbonyl (C=O) groups is 3. The van der Waals surface area contributed by atoms with Crippen LogP contribution in [0, 0.1) is 0 Å². The first-order chi connectivity index (χ1) is 33.4. The van der Waals surface area contributed by atoms with Crippen molar-refractivity contribution < 1.29 is 59.7 Å². The fourth-order valence-electron chi connectivity index (χ4n) is 7.24. The first-order valence-electron chi connectivity index (χ1n) is 21.5. The number of nitrogens with one attached hydrogen (secondary N) is 1. The van der Waals surface area contributed by atoms with Gasteiger partial charge in [0.25, 0.3) is 0 Å². The monoisotopic (exact) mass is 967 g/mol. The molecule has 0 unspecified atom stereocenters. The van der Waals surface area contributed by atoms with E-state index >= 15 is 0 Å². The van der Waals surface area contributed by atoms with Crippen LogP contribution in [0.15, 0.2) is 146 Å². The molecule has 7 aromatic rings. The lowest BCUT2D eigenvalue weighted by molar-refractivity contribution is -0.143. The maximum absolute atomic E-state index is 12.8. The molecule has 0 bridgehead atoms. The van der Waals surface area contributed by atoms with Gasteiger partial charge < -0.3 is 24.3 Å². The number of likely N-dealkylation sites (N-methyl/N-ethyl adjacent to an activating group) is 1. The normalized spacial score (nSPS) is 12.1. The first kappa shape index (κ1) is 51.4. The molecule has 12 nitrogen and oxygen atoms in total. The second-order valence-corrected chi connectivity index (χ2v) is 15.7. The average molecular weight is 968 g/mol. The molecule has 1 amide bonds. The molecule has 0 saturated carbocycles. The Morgan fingerprint density at radius 2 is 1.03 bits per heavy atom. The second-order valence-electron chi connectivity index (χ2n) is 15.7. The summed E-state index contributed by atoms with van der Waals surface area (Å²) in [6.45, 7) is 0.515. The molecule has 18 heteroatoms. The Hall–Kier alpha value is -8.02. The molecule has 6 aromatic carbocycles. The van der Waals surface area contributed by atoms with E-state index in [1.165, 1.54) is 50.2 Å². The number of esters is 2. The maximum Gasteiger partial charge on any atom is 0.416 e. The van der Waals surface area contributed by atoms with Gasteiger partial charge in [-0.3, -0.25) is 14.4 Å². The third-order valence-electron chi connectivity index (χ3n) is 11.0. The topological polar surface area (TPSA) is 144 Å². The number of hydrogen-bond acceptors (Lipinski definition) is 10. The number of benzene rings is 6. The van der Waals surface area contributed by atoms with Crippen LogP contribution >= 0.6 is 0 Å². The molecule has 364 valence electrons. The van der Waals surface area contributed by atoms with Gasteiger partial charge in [0.1, 0.15) is 24.7 Å². The van der Waals surface area contributed by atoms with Crippen molar-refractivity contribution in [2.45, 2.75) is 50.2 Å². The highest BCUT2D eigenvalue weighted by Crippen LogP contribution is 2.34. The van der Waals surface area contributed by atoms with Crippen LogP contribution < -0.4 is 14.8 Å². The summed E-state index contributed by atoms with van der Waals surface area (Å²) in [5.41, 5.74) is 4.75. The molecule has 0 aliphatic carbocycles. The number of nitrogens with zero attached hydrogens (tertiary/aromatic N) is 4. The molecule has 7 rings (SSSR count). The number of methoxy groups -OCH3 is 2. The van der Waals surface area contributed by atoms with E-state index in [2.05, 4.69) is 25.6 Å². The van der Waals surface area contributed by atoms with Gasteiger partial charge in [0, 0.05) is 14.1 Å². The molecule has 1 heterocycles. The summed E-state index contributed by atoms with van der Waals surface area (Å²) in [6, 6.07) is 39.0. The van der Waals surface area contributed by atoms with Gasteiger partial charge in [-0.15, -0.1) is 5.10 Å². The van der Waals surface area contributed by atoms with Crippen molar-refractivity contribution in [1.29, 1.82) is 0 Å². The highest BCUT2D eigenvalue weighted by Gasteiger charge is 2.31. The van der Waals surface area contributed by atoms with Crippen molar-refractivity contribution >= 4 is 17.8 Å². The molecule has 70 heavy (non-hydrogen) atoms. The van der Waals surface area contributed by atoms with Gasteiger partial charge in [-0.2, -0.15) is 26.3 Å². The van der Waals surface area contributed by atoms with Crippen LogP contribution in [-0.4, -0.2) is 59.3 Å². The van der Waals surface area contributed by atoms with Crippen LogP contribution in [0.25, 0.3) is 22.3 Å². The molecular weight excluding hydrogens is 921 g/mol. The van der Waals surface area contributed by atoms with Crippen LogP contribution in [0.5, 0.6) is 11.5 Å². The summed E-state index contributed by atoms with van der Waals surface area (Å²) in [5, 5.41) is 14.1. The third kappa shape index (κ3) is 14.0. The van der Waals surface area contributed by atoms with E-state index in [0.29, 0.717) is 34.0 Å². The molecule has 1 N–H and O–H groups in total. The molecule has 1 aromatic heterocycles. The molecule has 0 aliphatic heterocycles. The zero-order chi connectivity index (χ0) is 50.4. The van der Waals surface area contributed by atoms with Crippen molar-refractivity contribution in [1.82, 2.24) is 25.5 Å². The summed E-state index contributed by atoms with van der Waals surface area (Å²) in [6.07, 6.45) is -8.73. The van der Waals surface area contributed by atoms with Gasteiger partial charge in [0.2, 0.25) is 5.91 Å². The summed E-state index contributed by atoms with van der Waals surface area (Å²) < 4.78 is 99.6. The van der Waals surface area contributed by atoms with Gasteiger partial charge in [0.15, 0.2) is 5.82 Å². The largest absolute Gasteiger partial charge is 0.489 e. The molecule has 0 saturated heterocycles. The zero-order valence-corrected chi connectivity index (χ0v) is 38.3. The van der Waals surface area contributed by atoms with Gasteiger partial charge in [-0.25, -0.2) is 4.68 Å². The Labute approximate surface area is 399 Å². The molecule has 2 atom stereocenters. The molecule has 0 spiro atoms. The van der Waals surface area contributed by atoms with E-state index in [4.69, 9.17) is 14.2 Å². The minimum Gasteiger partial charge on any atom is -0.489 e. The highest BCUT2D eigenvalue weighted by molar-refractivity contribution is 5.88. The van der Waals surface area contributed by atoms with Crippen molar-refractivity contribution in [3.8, 4) is 33.8 Å². The Balaban J connectivity index is 0.000000230.